The van der Waals surface area contributed by atoms with E-state index in [1.165, 1.54) is 0 Å². The highest BCUT2D eigenvalue weighted by molar-refractivity contribution is 6.34. The monoisotopic (exact) mass is 183 g/mol. The molecule has 12 heavy (non-hydrogen) atoms. The van der Waals surface area contributed by atoms with Crippen LogP contribution in [0.15, 0.2) is 18.2 Å². The molecule has 0 amide bonds. The summed E-state index contributed by atoms with van der Waals surface area (Å²) in [6.45, 7) is 1.80. The van der Waals surface area contributed by atoms with Crippen molar-refractivity contribution in [1.29, 1.82) is 0 Å². The van der Waals surface area contributed by atoms with Gasteiger partial charge >= 0.3 is 0 Å². The molecule has 0 spiro atoms. The predicted octanol–water partition coefficient (Wildman–Crippen LogP) is 2.51. The summed E-state index contributed by atoms with van der Waals surface area (Å²) < 4.78 is 0. The van der Waals surface area contributed by atoms with Crippen molar-refractivity contribution < 1.29 is 4.79 Å². The number of Topliss-reactive ketones (excluding diaryl/α,β-unsaturated/α-hetero) is 1. The Bertz CT molecular complexity index is 309. The standard InChI is InChI=1S/C9H10ClNO/c1-2-9(12)7-4-3-6(11)5-8(7)10/h3-5H,2,11H2,1H3. The van der Waals surface area contributed by atoms with Crippen molar-refractivity contribution >= 4 is 23.1 Å². The third kappa shape index (κ3) is 1.77. The molecule has 3 heteroatoms. The summed E-state index contributed by atoms with van der Waals surface area (Å²) in [7, 11) is 0. The van der Waals surface area contributed by atoms with E-state index in [2.05, 4.69) is 0 Å². The molecule has 0 atom stereocenters. The van der Waals surface area contributed by atoms with Crippen molar-refractivity contribution in [2.75, 3.05) is 5.73 Å². The van der Waals surface area contributed by atoms with E-state index >= 15 is 0 Å². The molecule has 0 aliphatic carbocycles. The van der Waals surface area contributed by atoms with Crippen molar-refractivity contribution in [1.82, 2.24) is 0 Å². The van der Waals surface area contributed by atoms with E-state index in [-0.39, 0.29) is 5.78 Å². The van der Waals surface area contributed by atoms with E-state index in [1.54, 1.807) is 25.1 Å². The molecule has 0 aliphatic rings. The van der Waals surface area contributed by atoms with Crippen LogP contribution >= 0.6 is 11.6 Å². The van der Waals surface area contributed by atoms with Crippen LogP contribution in [0.3, 0.4) is 0 Å². The summed E-state index contributed by atoms with van der Waals surface area (Å²) in [5, 5.41) is 0.432. The van der Waals surface area contributed by atoms with Crippen LogP contribution in [-0.4, -0.2) is 5.78 Å². The van der Waals surface area contributed by atoms with Gasteiger partial charge in [-0.2, -0.15) is 0 Å². The molecule has 1 aromatic carbocycles. The molecule has 0 aliphatic heterocycles. The molecule has 1 rings (SSSR count). The second-order valence-corrected chi connectivity index (χ2v) is 2.92. The lowest BCUT2D eigenvalue weighted by molar-refractivity contribution is 0.0988. The maximum atomic E-state index is 11.2. The Morgan fingerprint density at radius 1 is 1.58 bits per heavy atom. The molecular formula is C9H10ClNO. The number of ketones is 1. The first kappa shape index (κ1) is 9.07. The molecular weight excluding hydrogens is 174 g/mol. The van der Waals surface area contributed by atoms with Gasteiger partial charge in [0.1, 0.15) is 0 Å². The van der Waals surface area contributed by atoms with Gasteiger partial charge in [0.25, 0.3) is 0 Å². The van der Waals surface area contributed by atoms with Crippen LogP contribution in [0.5, 0.6) is 0 Å². The van der Waals surface area contributed by atoms with E-state index in [0.717, 1.165) is 0 Å². The van der Waals surface area contributed by atoms with E-state index in [0.29, 0.717) is 22.7 Å². The normalized spacial score (nSPS) is 9.83. The highest BCUT2D eigenvalue weighted by Gasteiger charge is 2.07. The van der Waals surface area contributed by atoms with Gasteiger partial charge in [-0.25, -0.2) is 0 Å². The zero-order valence-corrected chi connectivity index (χ0v) is 7.56. The van der Waals surface area contributed by atoms with Crippen LogP contribution in [-0.2, 0) is 0 Å². The van der Waals surface area contributed by atoms with Gasteiger partial charge < -0.3 is 5.73 Å². The summed E-state index contributed by atoms with van der Waals surface area (Å²) in [6.07, 6.45) is 0.462. The molecule has 0 saturated heterocycles. The Hall–Kier alpha value is -1.02. The maximum Gasteiger partial charge on any atom is 0.164 e. The molecule has 0 bridgehead atoms. The summed E-state index contributed by atoms with van der Waals surface area (Å²) in [5.41, 5.74) is 6.60. The molecule has 0 heterocycles. The minimum atomic E-state index is 0.0417. The first-order valence-corrected chi connectivity index (χ1v) is 4.11. The molecule has 0 fully saturated rings. The Morgan fingerprint density at radius 3 is 2.75 bits per heavy atom. The summed E-state index contributed by atoms with van der Waals surface area (Å²) in [5.74, 6) is 0.0417. The van der Waals surface area contributed by atoms with E-state index in [9.17, 15) is 4.79 Å². The highest BCUT2D eigenvalue weighted by atomic mass is 35.5. The van der Waals surface area contributed by atoms with Crippen LogP contribution in [0.25, 0.3) is 0 Å². The van der Waals surface area contributed by atoms with Crippen LogP contribution < -0.4 is 5.73 Å². The minimum Gasteiger partial charge on any atom is -0.399 e. The van der Waals surface area contributed by atoms with E-state index in [4.69, 9.17) is 17.3 Å². The molecule has 0 aromatic heterocycles. The number of carbonyl (C=O) groups is 1. The van der Waals surface area contributed by atoms with Gasteiger partial charge in [0.15, 0.2) is 5.78 Å². The van der Waals surface area contributed by atoms with Gasteiger partial charge in [-0.1, -0.05) is 18.5 Å². The van der Waals surface area contributed by atoms with Crippen molar-refractivity contribution in [2.24, 2.45) is 0 Å². The largest absolute Gasteiger partial charge is 0.399 e. The van der Waals surface area contributed by atoms with Crippen molar-refractivity contribution in [3.63, 3.8) is 0 Å². The molecule has 64 valence electrons. The molecule has 0 radical (unpaired) electrons. The number of benzene rings is 1. The van der Waals surface area contributed by atoms with Crippen molar-refractivity contribution in [3.05, 3.63) is 28.8 Å². The number of rotatable bonds is 2. The SMILES string of the molecule is CCC(=O)c1ccc(N)cc1Cl. The maximum absolute atomic E-state index is 11.2. The lowest BCUT2D eigenvalue weighted by Gasteiger charge is -2.01. The fourth-order valence-electron chi connectivity index (χ4n) is 0.948. The molecule has 2 N–H and O–H groups in total. The Labute approximate surface area is 76.3 Å². The van der Waals surface area contributed by atoms with Gasteiger partial charge in [0, 0.05) is 17.7 Å². The van der Waals surface area contributed by atoms with Crippen molar-refractivity contribution in [3.8, 4) is 0 Å². The minimum absolute atomic E-state index is 0.0417. The number of halogens is 1. The lowest BCUT2D eigenvalue weighted by Crippen LogP contribution is -1.98. The summed E-state index contributed by atoms with van der Waals surface area (Å²) >= 11 is 5.80. The summed E-state index contributed by atoms with van der Waals surface area (Å²) in [6, 6.07) is 4.92. The number of hydrogen-bond donors (Lipinski definition) is 1. The van der Waals surface area contributed by atoms with Gasteiger partial charge in [-0.05, 0) is 18.2 Å². The number of nitrogen functional groups attached to an aromatic ring is 1. The topological polar surface area (TPSA) is 43.1 Å². The van der Waals surface area contributed by atoms with Crippen LogP contribution in [0.1, 0.15) is 23.7 Å². The summed E-state index contributed by atoms with van der Waals surface area (Å²) in [4.78, 5) is 11.2. The predicted molar refractivity (Wildman–Crippen MR) is 50.5 cm³/mol. The number of nitrogens with two attached hydrogens (primary N) is 1. The van der Waals surface area contributed by atoms with Gasteiger partial charge in [0.05, 0.1) is 5.02 Å². The Morgan fingerprint density at radius 2 is 2.25 bits per heavy atom. The third-order valence-corrected chi connectivity index (χ3v) is 1.93. The number of carbonyl (C=O) groups excluding carboxylic acids is 1. The third-order valence-electron chi connectivity index (χ3n) is 1.61. The first-order valence-electron chi connectivity index (χ1n) is 3.73. The molecule has 0 saturated carbocycles. The highest BCUT2D eigenvalue weighted by Crippen LogP contribution is 2.20. The second kappa shape index (κ2) is 3.59. The van der Waals surface area contributed by atoms with Crippen LogP contribution in [0, 0.1) is 0 Å². The number of hydrogen-bond acceptors (Lipinski definition) is 2. The zero-order valence-electron chi connectivity index (χ0n) is 6.80. The Kier molecular flexibility index (Phi) is 2.71. The van der Waals surface area contributed by atoms with E-state index in [1.807, 2.05) is 0 Å². The van der Waals surface area contributed by atoms with Crippen LogP contribution in [0.2, 0.25) is 5.02 Å². The van der Waals surface area contributed by atoms with Crippen LogP contribution in [0.4, 0.5) is 5.69 Å². The van der Waals surface area contributed by atoms with Gasteiger partial charge in [-0.3, -0.25) is 4.79 Å². The lowest BCUT2D eigenvalue weighted by atomic mass is 10.1. The Balaban J connectivity index is 3.09. The average Bonchev–Trinajstić information content (AvgIpc) is 2.03. The number of anilines is 1. The second-order valence-electron chi connectivity index (χ2n) is 2.52. The molecule has 2 nitrogen and oxygen atoms in total. The smallest absolute Gasteiger partial charge is 0.164 e. The molecule has 0 unspecified atom stereocenters. The van der Waals surface area contributed by atoms with Gasteiger partial charge in [0.2, 0.25) is 0 Å². The quantitative estimate of drug-likeness (QED) is 0.566. The first-order chi connectivity index (χ1) is 5.65. The fourth-order valence-corrected chi connectivity index (χ4v) is 1.24. The van der Waals surface area contributed by atoms with Gasteiger partial charge in [-0.15, -0.1) is 0 Å². The van der Waals surface area contributed by atoms with Crippen molar-refractivity contribution in [2.45, 2.75) is 13.3 Å². The molecule has 1 aromatic rings. The van der Waals surface area contributed by atoms with E-state index < -0.39 is 0 Å². The fraction of sp³-hybridized carbons (Fsp3) is 0.222. The zero-order chi connectivity index (χ0) is 9.14. The average molecular weight is 184 g/mol.